The van der Waals surface area contributed by atoms with Gasteiger partial charge in [0.25, 0.3) is 0 Å². The Morgan fingerprint density at radius 2 is 1.95 bits per heavy atom. The van der Waals surface area contributed by atoms with Gasteiger partial charge in [-0.2, -0.15) is 0 Å². The van der Waals surface area contributed by atoms with Crippen LogP contribution in [0.15, 0.2) is 0 Å². The summed E-state index contributed by atoms with van der Waals surface area (Å²) in [5.41, 5.74) is 5.96. The van der Waals surface area contributed by atoms with Gasteiger partial charge in [0.05, 0.1) is 6.04 Å². The zero-order valence-electron chi connectivity index (χ0n) is 13.8. The van der Waals surface area contributed by atoms with Crippen molar-refractivity contribution in [3.05, 3.63) is 0 Å². The molecule has 1 rings (SSSR count). The molecular weight excluding hydrogens is 250 g/mol. The standard InChI is InChI=1S/C16H33N3O/c1-5-6-9-18(4)12-14-7-10-19(11-8-14)16(20)15(17)13(2)3/h13-15H,5-12,17H2,1-4H3. The van der Waals surface area contributed by atoms with Crippen molar-refractivity contribution in [2.24, 2.45) is 17.6 Å². The van der Waals surface area contributed by atoms with E-state index in [1.165, 1.54) is 19.4 Å². The van der Waals surface area contributed by atoms with Crippen molar-refractivity contribution < 1.29 is 4.79 Å². The summed E-state index contributed by atoms with van der Waals surface area (Å²) in [5.74, 6) is 1.09. The van der Waals surface area contributed by atoms with Crippen molar-refractivity contribution in [3.63, 3.8) is 0 Å². The van der Waals surface area contributed by atoms with Gasteiger partial charge in [-0.15, -0.1) is 0 Å². The van der Waals surface area contributed by atoms with E-state index in [9.17, 15) is 4.79 Å². The molecule has 1 atom stereocenters. The number of nitrogens with two attached hydrogens (primary N) is 1. The predicted octanol–water partition coefficient (Wildman–Crippen LogP) is 1.94. The molecule has 0 aromatic carbocycles. The van der Waals surface area contributed by atoms with E-state index in [1.807, 2.05) is 18.7 Å². The zero-order chi connectivity index (χ0) is 15.1. The smallest absolute Gasteiger partial charge is 0.239 e. The Labute approximate surface area is 124 Å². The van der Waals surface area contributed by atoms with Gasteiger partial charge in [-0.3, -0.25) is 4.79 Å². The van der Waals surface area contributed by atoms with Crippen LogP contribution in [-0.2, 0) is 4.79 Å². The molecule has 0 aromatic heterocycles. The van der Waals surface area contributed by atoms with E-state index in [1.54, 1.807) is 0 Å². The number of hydrogen-bond acceptors (Lipinski definition) is 3. The topological polar surface area (TPSA) is 49.6 Å². The van der Waals surface area contributed by atoms with E-state index in [0.717, 1.165) is 38.4 Å². The Kier molecular flexibility index (Phi) is 7.52. The fourth-order valence-corrected chi connectivity index (χ4v) is 2.79. The molecule has 0 radical (unpaired) electrons. The first-order valence-corrected chi connectivity index (χ1v) is 8.18. The van der Waals surface area contributed by atoms with Crippen molar-refractivity contribution in [3.8, 4) is 0 Å². The van der Waals surface area contributed by atoms with Crippen molar-refractivity contribution in [1.82, 2.24) is 9.80 Å². The molecule has 1 aliphatic heterocycles. The summed E-state index contributed by atoms with van der Waals surface area (Å²) < 4.78 is 0. The molecule has 0 aromatic rings. The summed E-state index contributed by atoms with van der Waals surface area (Å²) in [5, 5.41) is 0. The van der Waals surface area contributed by atoms with Gasteiger partial charge in [0.1, 0.15) is 0 Å². The molecule has 4 nitrogen and oxygen atoms in total. The first-order chi connectivity index (χ1) is 9.45. The molecule has 0 aliphatic carbocycles. The fraction of sp³-hybridized carbons (Fsp3) is 0.938. The Morgan fingerprint density at radius 1 is 1.35 bits per heavy atom. The maximum absolute atomic E-state index is 12.2. The molecule has 4 heteroatoms. The lowest BCUT2D eigenvalue weighted by molar-refractivity contribution is -0.135. The number of carbonyl (C=O) groups excluding carboxylic acids is 1. The summed E-state index contributed by atoms with van der Waals surface area (Å²) in [6.07, 6.45) is 4.77. The highest BCUT2D eigenvalue weighted by Gasteiger charge is 2.27. The minimum atomic E-state index is -0.334. The lowest BCUT2D eigenvalue weighted by atomic mass is 9.94. The van der Waals surface area contributed by atoms with Crippen LogP contribution in [0.1, 0.15) is 46.5 Å². The second kappa shape index (κ2) is 8.63. The number of nitrogens with zero attached hydrogens (tertiary/aromatic N) is 2. The molecule has 20 heavy (non-hydrogen) atoms. The third kappa shape index (κ3) is 5.41. The number of piperidine rings is 1. The van der Waals surface area contributed by atoms with Crippen molar-refractivity contribution >= 4 is 5.91 Å². The highest BCUT2D eigenvalue weighted by molar-refractivity contribution is 5.82. The molecule has 1 amide bonds. The van der Waals surface area contributed by atoms with E-state index in [-0.39, 0.29) is 17.9 Å². The average molecular weight is 283 g/mol. The van der Waals surface area contributed by atoms with Crippen LogP contribution in [0, 0.1) is 11.8 Å². The van der Waals surface area contributed by atoms with Crippen LogP contribution in [0.5, 0.6) is 0 Å². The molecule has 118 valence electrons. The number of likely N-dealkylation sites (tertiary alicyclic amines) is 1. The molecule has 1 saturated heterocycles. The van der Waals surface area contributed by atoms with Crippen LogP contribution in [0.4, 0.5) is 0 Å². The number of rotatable bonds is 7. The number of carbonyl (C=O) groups is 1. The SMILES string of the molecule is CCCCN(C)CC1CCN(C(=O)C(N)C(C)C)CC1. The Morgan fingerprint density at radius 3 is 2.45 bits per heavy atom. The van der Waals surface area contributed by atoms with Crippen LogP contribution in [0.3, 0.4) is 0 Å². The average Bonchev–Trinajstić information content (AvgIpc) is 2.44. The summed E-state index contributed by atoms with van der Waals surface area (Å²) in [7, 11) is 2.21. The molecule has 0 saturated carbocycles. The first-order valence-electron chi connectivity index (χ1n) is 8.18. The third-order valence-electron chi connectivity index (χ3n) is 4.39. The maximum atomic E-state index is 12.2. The normalized spacial score (nSPS) is 18.9. The molecule has 0 bridgehead atoms. The van der Waals surface area contributed by atoms with E-state index < -0.39 is 0 Å². The third-order valence-corrected chi connectivity index (χ3v) is 4.39. The quantitative estimate of drug-likeness (QED) is 0.777. The summed E-state index contributed by atoms with van der Waals surface area (Å²) >= 11 is 0. The van der Waals surface area contributed by atoms with E-state index in [0.29, 0.717) is 0 Å². The minimum Gasteiger partial charge on any atom is -0.341 e. The minimum absolute atomic E-state index is 0.137. The van der Waals surface area contributed by atoms with E-state index >= 15 is 0 Å². The number of unbranched alkanes of at least 4 members (excludes halogenated alkanes) is 1. The van der Waals surface area contributed by atoms with Gasteiger partial charge in [0.2, 0.25) is 5.91 Å². The van der Waals surface area contributed by atoms with Crippen LogP contribution >= 0.6 is 0 Å². The van der Waals surface area contributed by atoms with Crippen LogP contribution in [0.2, 0.25) is 0 Å². The Hall–Kier alpha value is -0.610. The van der Waals surface area contributed by atoms with Crippen molar-refractivity contribution in [2.75, 3.05) is 33.2 Å². The summed E-state index contributed by atoms with van der Waals surface area (Å²) in [6.45, 7) is 10.4. The zero-order valence-corrected chi connectivity index (χ0v) is 13.8. The van der Waals surface area contributed by atoms with Crippen molar-refractivity contribution in [1.29, 1.82) is 0 Å². The highest BCUT2D eigenvalue weighted by atomic mass is 16.2. The maximum Gasteiger partial charge on any atom is 0.239 e. The lowest BCUT2D eigenvalue weighted by Crippen LogP contribution is -2.50. The molecule has 1 aliphatic rings. The van der Waals surface area contributed by atoms with Gasteiger partial charge in [0, 0.05) is 19.6 Å². The molecule has 1 unspecified atom stereocenters. The first kappa shape index (κ1) is 17.4. The van der Waals surface area contributed by atoms with Gasteiger partial charge in [-0.25, -0.2) is 0 Å². The molecule has 2 N–H and O–H groups in total. The summed E-state index contributed by atoms with van der Waals surface area (Å²) in [6, 6.07) is -0.334. The van der Waals surface area contributed by atoms with Crippen LogP contribution in [0.25, 0.3) is 0 Å². The lowest BCUT2D eigenvalue weighted by Gasteiger charge is -2.35. The van der Waals surface area contributed by atoms with Gasteiger partial charge >= 0.3 is 0 Å². The molecular formula is C16H33N3O. The van der Waals surface area contributed by atoms with E-state index in [2.05, 4.69) is 18.9 Å². The molecule has 1 fully saturated rings. The van der Waals surface area contributed by atoms with E-state index in [4.69, 9.17) is 5.73 Å². The molecule has 0 spiro atoms. The fourth-order valence-electron chi connectivity index (χ4n) is 2.79. The Bertz CT molecular complexity index is 285. The largest absolute Gasteiger partial charge is 0.341 e. The second-order valence-electron chi connectivity index (χ2n) is 6.65. The molecule has 1 heterocycles. The monoisotopic (exact) mass is 283 g/mol. The van der Waals surface area contributed by atoms with Gasteiger partial charge < -0.3 is 15.5 Å². The Balaban J connectivity index is 2.31. The number of hydrogen-bond donors (Lipinski definition) is 1. The highest BCUT2D eigenvalue weighted by Crippen LogP contribution is 2.19. The number of amides is 1. The van der Waals surface area contributed by atoms with Gasteiger partial charge in [-0.05, 0) is 44.7 Å². The predicted molar refractivity (Wildman–Crippen MR) is 84.5 cm³/mol. The van der Waals surface area contributed by atoms with Gasteiger partial charge in [0.15, 0.2) is 0 Å². The van der Waals surface area contributed by atoms with Crippen LogP contribution < -0.4 is 5.73 Å². The van der Waals surface area contributed by atoms with Crippen molar-refractivity contribution in [2.45, 2.75) is 52.5 Å². The summed E-state index contributed by atoms with van der Waals surface area (Å²) in [4.78, 5) is 16.6. The van der Waals surface area contributed by atoms with Crippen LogP contribution in [-0.4, -0.2) is 55.0 Å². The van der Waals surface area contributed by atoms with Gasteiger partial charge in [-0.1, -0.05) is 27.2 Å². The second-order valence-corrected chi connectivity index (χ2v) is 6.65.